The molecular weight excluding hydrogens is 494 g/mol. The lowest BCUT2D eigenvalue weighted by Crippen LogP contribution is -2.39. The number of benzene rings is 2. The maximum Gasteiger partial charge on any atom is 0.191 e. The molecule has 7 heteroatoms. The maximum atomic E-state index is 13.9. The van der Waals surface area contributed by atoms with Crippen LogP contribution < -0.4 is 10.6 Å². The average Bonchev–Trinajstić information content (AvgIpc) is 2.74. The van der Waals surface area contributed by atoms with Crippen LogP contribution in [0, 0.1) is 12.7 Å². The fourth-order valence-electron chi connectivity index (χ4n) is 3.42. The predicted octanol–water partition coefficient (Wildman–Crippen LogP) is 4.01. The zero-order chi connectivity index (χ0) is 20.6. The molecular formula is C23H32FIN4O. The van der Waals surface area contributed by atoms with Crippen LogP contribution in [0.4, 0.5) is 4.39 Å². The number of rotatable bonds is 6. The molecule has 1 fully saturated rings. The van der Waals surface area contributed by atoms with Crippen LogP contribution in [0.15, 0.2) is 47.5 Å². The Balaban J connectivity index is 0.00000320. The molecule has 0 bridgehead atoms. The molecule has 3 rings (SSSR count). The van der Waals surface area contributed by atoms with Crippen molar-refractivity contribution < 1.29 is 9.13 Å². The number of nitrogens with one attached hydrogen (secondary N) is 2. The lowest BCUT2D eigenvalue weighted by Gasteiger charge is -2.27. The van der Waals surface area contributed by atoms with Gasteiger partial charge >= 0.3 is 0 Å². The van der Waals surface area contributed by atoms with Crippen molar-refractivity contribution in [1.82, 2.24) is 15.5 Å². The Bertz CT molecular complexity index is 840. The number of aryl methyl sites for hydroxylation is 1. The van der Waals surface area contributed by atoms with Crippen molar-refractivity contribution >= 4 is 29.9 Å². The minimum Gasteiger partial charge on any atom is -0.379 e. The Morgan fingerprint density at radius 3 is 2.53 bits per heavy atom. The normalized spacial score (nSPS) is 15.9. The summed E-state index contributed by atoms with van der Waals surface area (Å²) in [5.74, 6) is 0.510. The summed E-state index contributed by atoms with van der Waals surface area (Å²) >= 11 is 0. The lowest BCUT2D eigenvalue weighted by atomic mass is 10.1. The van der Waals surface area contributed by atoms with Gasteiger partial charge in [-0.05, 0) is 42.2 Å². The molecule has 1 atom stereocenters. The van der Waals surface area contributed by atoms with E-state index >= 15 is 0 Å². The van der Waals surface area contributed by atoms with Crippen molar-refractivity contribution in [3.63, 3.8) is 0 Å². The molecule has 1 aliphatic rings. The van der Waals surface area contributed by atoms with Gasteiger partial charge in [-0.2, -0.15) is 0 Å². The summed E-state index contributed by atoms with van der Waals surface area (Å²) in [4.78, 5) is 6.75. The average molecular weight is 526 g/mol. The van der Waals surface area contributed by atoms with Crippen LogP contribution in [0.5, 0.6) is 0 Å². The topological polar surface area (TPSA) is 48.9 Å². The first kappa shape index (κ1) is 24.6. The molecule has 0 aliphatic carbocycles. The standard InChI is InChI=1S/C23H31FN4O.HI/c1-17-8-9-19(14-22(17)24)18(2)27-23(25-3)26-15-20-6-4-5-7-21(20)16-28-10-12-29-13-11-28;/h4-9,14,18H,10-13,15-16H2,1-3H3,(H2,25,26,27);1H. The summed E-state index contributed by atoms with van der Waals surface area (Å²) in [5.41, 5.74) is 4.10. The summed E-state index contributed by atoms with van der Waals surface area (Å²) in [6.07, 6.45) is 0. The molecule has 0 aromatic heterocycles. The summed E-state index contributed by atoms with van der Waals surface area (Å²) < 4.78 is 19.3. The number of morpholine rings is 1. The van der Waals surface area contributed by atoms with E-state index in [1.807, 2.05) is 13.0 Å². The van der Waals surface area contributed by atoms with Crippen LogP contribution in [-0.2, 0) is 17.8 Å². The van der Waals surface area contributed by atoms with E-state index in [2.05, 4.69) is 44.8 Å². The molecule has 2 aromatic rings. The highest BCUT2D eigenvalue weighted by Crippen LogP contribution is 2.16. The van der Waals surface area contributed by atoms with Crippen LogP contribution in [0.2, 0.25) is 0 Å². The number of halogens is 2. The molecule has 0 saturated carbocycles. The molecule has 2 aromatic carbocycles. The molecule has 1 heterocycles. The largest absolute Gasteiger partial charge is 0.379 e. The highest BCUT2D eigenvalue weighted by molar-refractivity contribution is 14.0. The fraction of sp³-hybridized carbons (Fsp3) is 0.435. The number of hydrogen-bond acceptors (Lipinski definition) is 3. The number of guanidine groups is 1. The summed E-state index contributed by atoms with van der Waals surface area (Å²) in [5, 5.41) is 6.74. The zero-order valence-electron chi connectivity index (χ0n) is 18.0. The van der Waals surface area contributed by atoms with Gasteiger partial charge in [0.2, 0.25) is 0 Å². The molecule has 164 valence electrons. The van der Waals surface area contributed by atoms with Gasteiger partial charge < -0.3 is 15.4 Å². The van der Waals surface area contributed by atoms with E-state index in [1.165, 1.54) is 11.1 Å². The second-order valence-corrected chi connectivity index (χ2v) is 7.46. The summed E-state index contributed by atoms with van der Waals surface area (Å²) in [7, 11) is 1.75. The van der Waals surface area contributed by atoms with Gasteiger partial charge in [-0.25, -0.2) is 4.39 Å². The van der Waals surface area contributed by atoms with E-state index in [1.54, 1.807) is 26.1 Å². The van der Waals surface area contributed by atoms with Crippen LogP contribution in [0.3, 0.4) is 0 Å². The number of aliphatic imine (C=N–C) groups is 1. The second kappa shape index (κ2) is 12.2. The fourth-order valence-corrected chi connectivity index (χ4v) is 3.42. The van der Waals surface area contributed by atoms with Crippen molar-refractivity contribution in [3.05, 3.63) is 70.5 Å². The van der Waals surface area contributed by atoms with Crippen LogP contribution >= 0.6 is 24.0 Å². The predicted molar refractivity (Wildman–Crippen MR) is 131 cm³/mol. The molecule has 1 unspecified atom stereocenters. The minimum atomic E-state index is -0.184. The van der Waals surface area contributed by atoms with Gasteiger partial charge in [0.25, 0.3) is 0 Å². The Hall–Kier alpha value is -1.71. The third-order valence-electron chi connectivity index (χ3n) is 5.34. The second-order valence-electron chi connectivity index (χ2n) is 7.46. The highest BCUT2D eigenvalue weighted by atomic mass is 127. The smallest absolute Gasteiger partial charge is 0.191 e. The molecule has 2 N–H and O–H groups in total. The first-order valence-corrected chi connectivity index (χ1v) is 10.2. The van der Waals surface area contributed by atoms with Gasteiger partial charge in [-0.3, -0.25) is 9.89 Å². The molecule has 5 nitrogen and oxygen atoms in total. The Morgan fingerprint density at radius 1 is 1.17 bits per heavy atom. The number of hydrogen-bond donors (Lipinski definition) is 2. The van der Waals surface area contributed by atoms with E-state index in [4.69, 9.17) is 4.74 Å². The van der Waals surface area contributed by atoms with Gasteiger partial charge in [0.15, 0.2) is 5.96 Å². The monoisotopic (exact) mass is 526 g/mol. The molecule has 1 aliphatic heterocycles. The van der Waals surface area contributed by atoms with E-state index < -0.39 is 0 Å². The molecule has 1 saturated heterocycles. The number of nitrogens with zero attached hydrogens (tertiary/aromatic N) is 2. The van der Waals surface area contributed by atoms with Crippen molar-refractivity contribution in [2.75, 3.05) is 33.4 Å². The van der Waals surface area contributed by atoms with E-state index in [-0.39, 0.29) is 35.8 Å². The Labute approximate surface area is 196 Å². The molecule has 30 heavy (non-hydrogen) atoms. The van der Waals surface area contributed by atoms with Gasteiger partial charge in [0.05, 0.1) is 19.3 Å². The molecule has 0 spiro atoms. The van der Waals surface area contributed by atoms with Crippen molar-refractivity contribution in [2.45, 2.75) is 33.0 Å². The minimum absolute atomic E-state index is 0. The molecule has 0 amide bonds. The van der Waals surface area contributed by atoms with Crippen molar-refractivity contribution in [3.8, 4) is 0 Å². The quantitative estimate of drug-likeness (QED) is 0.340. The van der Waals surface area contributed by atoms with Crippen molar-refractivity contribution in [2.24, 2.45) is 4.99 Å². The van der Waals surface area contributed by atoms with Gasteiger partial charge in [-0.1, -0.05) is 36.4 Å². The SMILES string of the molecule is CN=C(NCc1ccccc1CN1CCOCC1)NC(C)c1ccc(C)c(F)c1.I. The van der Waals surface area contributed by atoms with E-state index in [0.717, 1.165) is 38.4 Å². The van der Waals surface area contributed by atoms with E-state index in [0.29, 0.717) is 18.1 Å². The lowest BCUT2D eigenvalue weighted by molar-refractivity contribution is 0.0341. The van der Waals surface area contributed by atoms with Crippen LogP contribution in [0.25, 0.3) is 0 Å². The van der Waals surface area contributed by atoms with Crippen LogP contribution in [-0.4, -0.2) is 44.2 Å². The Kier molecular flexibility index (Phi) is 10.0. The number of ether oxygens (including phenoxy) is 1. The van der Waals surface area contributed by atoms with Crippen molar-refractivity contribution in [1.29, 1.82) is 0 Å². The third-order valence-corrected chi connectivity index (χ3v) is 5.34. The first-order valence-electron chi connectivity index (χ1n) is 10.2. The highest BCUT2D eigenvalue weighted by Gasteiger charge is 2.14. The first-order chi connectivity index (χ1) is 14.1. The molecule has 0 radical (unpaired) electrons. The van der Waals surface area contributed by atoms with Gasteiger partial charge in [-0.15, -0.1) is 24.0 Å². The maximum absolute atomic E-state index is 13.9. The third kappa shape index (κ3) is 6.92. The summed E-state index contributed by atoms with van der Waals surface area (Å²) in [6.45, 7) is 8.91. The zero-order valence-corrected chi connectivity index (χ0v) is 20.3. The Morgan fingerprint density at radius 2 is 1.87 bits per heavy atom. The summed E-state index contributed by atoms with van der Waals surface area (Å²) in [6, 6.07) is 13.8. The van der Waals surface area contributed by atoms with E-state index in [9.17, 15) is 4.39 Å². The van der Waals surface area contributed by atoms with Crippen LogP contribution in [0.1, 0.15) is 35.2 Å². The van der Waals surface area contributed by atoms with Gasteiger partial charge in [0, 0.05) is 33.2 Å². The van der Waals surface area contributed by atoms with Gasteiger partial charge in [0.1, 0.15) is 5.82 Å².